The van der Waals surface area contributed by atoms with Gasteiger partial charge in [-0.05, 0) is 35.7 Å². The SMILES string of the molecule is O=C(c1cc2ccccc2s1)c1cc(F)ccc1Cl. The average Bonchev–Trinajstić information content (AvgIpc) is 2.84. The van der Waals surface area contributed by atoms with Crippen molar-refractivity contribution < 1.29 is 9.18 Å². The molecule has 0 aliphatic rings. The highest BCUT2D eigenvalue weighted by molar-refractivity contribution is 7.21. The second-order valence-corrected chi connectivity index (χ2v) is 5.59. The second-order valence-electron chi connectivity index (χ2n) is 4.10. The van der Waals surface area contributed by atoms with E-state index in [0.717, 1.165) is 10.1 Å². The van der Waals surface area contributed by atoms with Crippen molar-refractivity contribution in [3.05, 3.63) is 69.8 Å². The van der Waals surface area contributed by atoms with Crippen molar-refractivity contribution in [2.45, 2.75) is 0 Å². The van der Waals surface area contributed by atoms with Gasteiger partial charge in [-0.25, -0.2) is 4.39 Å². The minimum atomic E-state index is -0.464. The van der Waals surface area contributed by atoms with Crippen LogP contribution in [0.4, 0.5) is 4.39 Å². The molecule has 0 radical (unpaired) electrons. The number of hydrogen-bond donors (Lipinski definition) is 0. The van der Waals surface area contributed by atoms with Gasteiger partial charge in [0.1, 0.15) is 5.82 Å². The molecule has 0 amide bonds. The molecule has 0 saturated heterocycles. The van der Waals surface area contributed by atoms with Crippen molar-refractivity contribution in [3.8, 4) is 0 Å². The first-order chi connectivity index (χ1) is 9.15. The van der Waals surface area contributed by atoms with Gasteiger partial charge in [0.25, 0.3) is 0 Å². The van der Waals surface area contributed by atoms with Crippen LogP contribution in [-0.2, 0) is 0 Å². The number of halogens is 2. The summed E-state index contributed by atoms with van der Waals surface area (Å²) in [6, 6.07) is 13.3. The van der Waals surface area contributed by atoms with E-state index in [0.29, 0.717) is 4.88 Å². The summed E-state index contributed by atoms with van der Waals surface area (Å²) in [6.45, 7) is 0. The Bertz CT molecular complexity index is 746. The third-order valence-electron chi connectivity index (χ3n) is 2.82. The number of benzene rings is 2. The van der Waals surface area contributed by atoms with Crippen molar-refractivity contribution in [1.29, 1.82) is 0 Å². The van der Waals surface area contributed by atoms with Gasteiger partial charge in [0, 0.05) is 10.3 Å². The predicted octanol–water partition coefficient (Wildman–Crippen LogP) is 4.92. The minimum Gasteiger partial charge on any atom is -0.288 e. The van der Waals surface area contributed by atoms with Gasteiger partial charge >= 0.3 is 0 Å². The Kier molecular flexibility index (Phi) is 3.09. The molecule has 4 heteroatoms. The van der Waals surface area contributed by atoms with Crippen LogP contribution in [0, 0.1) is 5.82 Å². The lowest BCUT2D eigenvalue weighted by Gasteiger charge is -2.01. The fourth-order valence-electron chi connectivity index (χ4n) is 1.90. The lowest BCUT2D eigenvalue weighted by atomic mass is 10.1. The highest BCUT2D eigenvalue weighted by Crippen LogP contribution is 2.29. The Hall–Kier alpha value is -1.71. The fraction of sp³-hybridized carbons (Fsp3) is 0. The Morgan fingerprint density at radius 2 is 1.89 bits per heavy atom. The largest absolute Gasteiger partial charge is 0.288 e. The van der Waals surface area contributed by atoms with E-state index in [4.69, 9.17) is 11.6 Å². The Morgan fingerprint density at radius 3 is 2.68 bits per heavy atom. The summed E-state index contributed by atoms with van der Waals surface area (Å²) in [4.78, 5) is 12.9. The van der Waals surface area contributed by atoms with Crippen LogP contribution in [0.25, 0.3) is 10.1 Å². The molecule has 2 aromatic carbocycles. The van der Waals surface area contributed by atoms with E-state index < -0.39 is 5.82 Å². The van der Waals surface area contributed by atoms with Gasteiger partial charge in [-0.15, -0.1) is 11.3 Å². The van der Waals surface area contributed by atoms with Crippen LogP contribution in [0.5, 0.6) is 0 Å². The number of carbonyl (C=O) groups excluding carboxylic acids is 1. The zero-order valence-electron chi connectivity index (χ0n) is 9.69. The van der Waals surface area contributed by atoms with Crippen LogP contribution in [-0.4, -0.2) is 5.78 Å². The molecule has 0 bridgehead atoms. The zero-order valence-corrected chi connectivity index (χ0v) is 11.3. The molecule has 0 N–H and O–H groups in total. The second kappa shape index (κ2) is 4.76. The fourth-order valence-corrected chi connectivity index (χ4v) is 3.12. The van der Waals surface area contributed by atoms with E-state index in [1.807, 2.05) is 30.3 Å². The third-order valence-corrected chi connectivity index (χ3v) is 4.27. The molecule has 0 unspecified atom stereocenters. The number of carbonyl (C=O) groups is 1. The zero-order chi connectivity index (χ0) is 13.4. The van der Waals surface area contributed by atoms with E-state index in [2.05, 4.69) is 0 Å². The molecule has 19 heavy (non-hydrogen) atoms. The van der Waals surface area contributed by atoms with Crippen molar-refractivity contribution in [1.82, 2.24) is 0 Å². The maximum Gasteiger partial charge on any atom is 0.204 e. The molecular weight excluding hydrogens is 283 g/mol. The van der Waals surface area contributed by atoms with Gasteiger partial charge in [0.2, 0.25) is 5.78 Å². The summed E-state index contributed by atoms with van der Waals surface area (Å²) in [7, 11) is 0. The topological polar surface area (TPSA) is 17.1 Å². The number of rotatable bonds is 2. The number of hydrogen-bond acceptors (Lipinski definition) is 2. The highest BCUT2D eigenvalue weighted by Gasteiger charge is 2.16. The van der Waals surface area contributed by atoms with E-state index in [1.165, 1.54) is 29.5 Å². The summed E-state index contributed by atoms with van der Waals surface area (Å²) in [5.41, 5.74) is 0.202. The van der Waals surface area contributed by atoms with Crippen molar-refractivity contribution in [2.24, 2.45) is 0 Å². The average molecular weight is 291 g/mol. The summed E-state index contributed by atoms with van der Waals surface area (Å²) in [5, 5.41) is 1.27. The number of fused-ring (bicyclic) bond motifs is 1. The van der Waals surface area contributed by atoms with Crippen LogP contribution in [0.2, 0.25) is 5.02 Å². The first kappa shape index (κ1) is 12.3. The van der Waals surface area contributed by atoms with E-state index in [-0.39, 0.29) is 16.4 Å². The molecule has 0 aliphatic heterocycles. The molecular formula is C15H8ClFOS. The molecule has 0 saturated carbocycles. The monoisotopic (exact) mass is 290 g/mol. The summed E-state index contributed by atoms with van der Waals surface area (Å²) in [5.74, 6) is -0.709. The number of thiophene rings is 1. The Labute approximate surface area is 118 Å². The highest BCUT2D eigenvalue weighted by atomic mass is 35.5. The molecule has 0 aliphatic carbocycles. The predicted molar refractivity (Wildman–Crippen MR) is 76.7 cm³/mol. The molecule has 1 aromatic heterocycles. The minimum absolute atomic E-state index is 0.202. The van der Waals surface area contributed by atoms with Crippen LogP contribution in [0.1, 0.15) is 15.2 Å². The van der Waals surface area contributed by atoms with Gasteiger partial charge in [0.15, 0.2) is 0 Å². The Balaban J connectivity index is 2.10. The van der Waals surface area contributed by atoms with Crippen molar-refractivity contribution in [3.63, 3.8) is 0 Å². The standard InChI is InChI=1S/C15H8ClFOS/c16-12-6-5-10(17)8-11(12)15(18)14-7-9-3-1-2-4-13(9)19-14/h1-8H. The first-order valence-electron chi connectivity index (χ1n) is 5.63. The van der Waals surface area contributed by atoms with E-state index in [9.17, 15) is 9.18 Å². The van der Waals surface area contributed by atoms with Crippen molar-refractivity contribution in [2.75, 3.05) is 0 Å². The van der Waals surface area contributed by atoms with Crippen LogP contribution in [0.15, 0.2) is 48.5 Å². The van der Waals surface area contributed by atoms with E-state index >= 15 is 0 Å². The molecule has 1 nitrogen and oxygen atoms in total. The molecule has 0 spiro atoms. The van der Waals surface area contributed by atoms with Gasteiger partial charge < -0.3 is 0 Å². The smallest absolute Gasteiger partial charge is 0.204 e. The van der Waals surface area contributed by atoms with Crippen molar-refractivity contribution >= 4 is 38.8 Å². The lowest BCUT2D eigenvalue weighted by molar-refractivity contribution is 0.104. The van der Waals surface area contributed by atoms with E-state index in [1.54, 1.807) is 0 Å². The number of ketones is 1. The summed E-state index contributed by atoms with van der Waals surface area (Å²) in [6.07, 6.45) is 0. The van der Waals surface area contributed by atoms with Crippen LogP contribution in [0.3, 0.4) is 0 Å². The summed E-state index contributed by atoms with van der Waals surface area (Å²) >= 11 is 7.34. The molecule has 94 valence electrons. The third kappa shape index (κ3) is 2.27. The molecule has 3 aromatic rings. The quantitative estimate of drug-likeness (QED) is 0.612. The van der Waals surface area contributed by atoms with Gasteiger partial charge in [-0.1, -0.05) is 29.8 Å². The summed E-state index contributed by atoms with van der Waals surface area (Å²) < 4.78 is 14.2. The molecule has 0 atom stereocenters. The Morgan fingerprint density at radius 1 is 1.11 bits per heavy atom. The molecule has 0 fully saturated rings. The van der Waals surface area contributed by atoms with Gasteiger partial charge in [0.05, 0.1) is 9.90 Å². The first-order valence-corrected chi connectivity index (χ1v) is 6.83. The van der Waals surface area contributed by atoms with Crippen LogP contribution >= 0.6 is 22.9 Å². The maximum atomic E-state index is 13.2. The normalized spacial score (nSPS) is 10.8. The van der Waals surface area contributed by atoms with Crippen LogP contribution < -0.4 is 0 Å². The molecule has 1 heterocycles. The van der Waals surface area contributed by atoms with Gasteiger partial charge in [-0.2, -0.15) is 0 Å². The maximum absolute atomic E-state index is 13.2. The lowest BCUT2D eigenvalue weighted by Crippen LogP contribution is -2.00. The van der Waals surface area contributed by atoms with Gasteiger partial charge in [-0.3, -0.25) is 4.79 Å². The molecule has 3 rings (SSSR count).